The molecule has 0 fully saturated rings. The normalized spacial score (nSPS) is 11.0. The van der Waals surface area contributed by atoms with Crippen molar-refractivity contribution in [1.29, 1.82) is 0 Å². The molecule has 1 amide bonds. The number of hydrogen-bond donors (Lipinski definition) is 1. The highest BCUT2D eigenvalue weighted by atomic mass is 16.5. The van der Waals surface area contributed by atoms with E-state index >= 15 is 0 Å². The van der Waals surface area contributed by atoms with Crippen LogP contribution >= 0.6 is 0 Å². The maximum atomic E-state index is 12.3. The van der Waals surface area contributed by atoms with Gasteiger partial charge in [-0.1, -0.05) is 56.2 Å². The SMILES string of the molecule is CCCCCOc1ccc(/C=C/C(=O)Nc2ccc3ccccc3c2)cc1OC. The summed E-state index contributed by atoms with van der Waals surface area (Å²) in [7, 11) is 1.62. The Morgan fingerprint density at radius 2 is 1.79 bits per heavy atom. The molecule has 0 saturated heterocycles. The number of carbonyl (C=O) groups excluding carboxylic acids is 1. The van der Waals surface area contributed by atoms with E-state index in [-0.39, 0.29) is 5.91 Å². The van der Waals surface area contributed by atoms with Crippen LogP contribution in [0.15, 0.2) is 66.7 Å². The lowest BCUT2D eigenvalue weighted by Gasteiger charge is -2.11. The van der Waals surface area contributed by atoms with Gasteiger partial charge in [-0.2, -0.15) is 0 Å². The molecular weight excluding hydrogens is 362 g/mol. The molecule has 0 radical (unpaired) electrons. The van der Waals surface area contributed by atoms with Crippen LogP contribution < -0.4 is 14.8 Å². The van der Waals surface area contributed by atoms with E-state index in [9.17, 15) is 4.79 Å². The number of anilines is 1. The fraction of sp³-hybridized carbons (Fsp3) is 0.240. The zero-order valence-corrected chi connectivity index (χ0v) is 17.0. The number of ether oxygens (including phenoxy) is 2. The minimum atomic E-state index is -0.181. The highest BCUT2D eigenvalue weighted by Gasteiger charge is 2.05. The van der Waals surface area contributed by atoms with Gasteiger partial charge in [0.2, 0.25) is 5.91 Å². The third kappa shape index (κ3) is 5.85. The third-order valence-corrected chi connectivity index (χ3v) is 4.64. The summed E-state index contributed by atoms with van der Waals surface area (Å²) in [5, 5.41) is 5.14. The van der Waals surface area contributed by atoms with Crippen molar-refractivity contribution in [2.45, 2.75) is 26.2 Å². The van der Waals surface area contributed by atoms with Crippen molar-refractivity contribution in [3.63, 3.8) is 0 Å². The van der Waals surface area contributed by atoms with Crippen LogP contribution in [0.25, 0.3) is 16.8 Å². The Hall–Kier alpha value is -3.27. The van der Waals surface area contributed by atoms with Crippen LogP contribution in [0.3, 0.4) is 0 Å². The van der Waals surface area contributed by atoms with E-state index in [1.807, 2.05) is 60.7 Å². The average Bonchev–Trinajstić information content (AvgIpc) is 2.75. The highest BCUT2D eigenvalue weighted by molar-refractivity contribution is 6.03. The number of nitrogens with one attached hydrogen (secondary N) is 1. The Morgan fingerprint density at radius 3 is 2.59 bits per heavy atom. The molecule has 0 atom stereocenters. The summed E-state index contributed by atoms with van der Waals surface area (Å²) in [4.78, 5) is 12.3. The van der Waals surface area contributed by atoms with Crippen LogP contribution in [0.1, 0.15) is 31.7 Å². The molecule has 0 aliphatic rings. The van der Waals surface area contributed by atoms with Gasteiger partial charge in [-0.3, -0.25) is 4.79 Å². The molecule has 4 nitrogen and oxygen atoms in total. The van der Waals surface area contributed by atoms with Gasteiger partial charge in [0.15, 0.2) is 11.5 Å². The zero-order valence-electron chi connectivity index (χ0n) is 17.0. The van der Waals surface area contributed by atoms with Crippen LogP contribution in [0.4, 0.5) is 5.69 Å². The van der Waals surface area contributed by atoms with Crippen LogP contribution in [-0.4, -0.2) is 19.6 Å². The predicted molar refractivity (Wildman–Crippen MR) is 120 cm³/mol. The largest absolute Gasteiger partial charge is 0.493 e. The van der Waals surface area contributed by atoms with Crippen molar-refractivity contribution in [2.24, 2.45) is 0 Å². The van der Waals surface area contributed by atoms with E-state index in [1.165, 1.54) is 6.08 Å². The minimum absolute atomic E-state index is 0.181. The van der Waals surface area contributed by atoms with Crippen molar-refractivity contribution in [3.05, 3.63) is 72.3 Å². The standard InChI is InChI=1S/C25H27NO3/c1-3-4-7-16-29-23-14-10-19(17-24(23)28-2)11-15-25(27)26-22-13-12-20-8-5-6-9-21(20)18-22/h5-6,8-15,17-18H,3-4,7,16H2,1-2H3,(H,26,27)/b15-11+. The lowest BCUT2D eigenvalue weighted by Crippen LogP contribution is -2.07. The molecular formula is C25H27NO3. The molecule has 150 valence electrons. The van der Waals surface area contributed by atoms with Gasteiger partial charge in [0.05, 0.1) is 13.7 Å². The Labute approximate surface area is 172 Å². The van der Waals surface area contributed by atoms with Crippen molar-refractivity contribution < 1.29 is 14.3 Å². The minimum Gasteiger partial charge on any atom is -0.493 e. The predicted octanol–water partition coefficient (Wildman–Crippen LogP) is 6.07. The average molecular weight is 389 g/mol. The van der Waals surface area contributed by atoms with Crippen molar-refractivity contribution in [1.82, 2.24) is 0 Å². The number of rotatable bonds is 9. The van der Waals surface area contributed by atoms with Crippen molar-refractivity contribution in [3.8, 4) is 11.5 Å². The van der Waals surface area contributed by atoms with Gasteiger partial charge in [-0.25, -0.2) is 0 Å². The molecule has 0 aromatic heterocycles. The number of fused-ring (bicyclic) bond motifs is 1. The lowest BCUT2D eigenvalue weighted by molar-refractivity contribution is -0.111. The van der Waals surface area contributed by atoms with Crippen LogP contribution in [-0.2, 0) is 4.79 Å². The van der Waals surface area contributed by atoms with Gasteiger partial charge >= 0.3 is 0 Å². The molecule has 0 aliphatic heterocycles. The third-order valence-electron chi connectivity index (χ3n) is 4.64. The second kappa shape index (κ2) is 10.3. The molecule has 3 rings (SSSR count). The summed E-state index contributed by atoms with van der Waals surface area (Å²) in [6.45, 7) is 2.84. The van der Waals surface area contributed by atoms with Gasteiger partial charge in [0, 0.05) is 11.8 Å². The van der Waals surface area contributed by atoms with Crippen molar-refractivity contribution >= 4 is 28.4 Å². The molecule has 1 N–H and O–H groups in total. The molecule has 0 spiro atoms. The van der Waals surface area contributed by atoms with Crippen LogP contribution in [0.2, 0.25) is 0 Å². The van der Waals surface area contributed by atoms with E-state index in [0.29, 0.717) is 12.4 Å². The summed E-state index contributed by atoms with van der Waals surface area (Å²) in [6.07, 6.45) is 6.61. The second-order valence-electron chi connectivity index (χ2n) is 6.85. The van der Waals surface area contributed by atoms with Crippen LogP contribution in [0.5, 0.6) is 11.5 Å². The first-order valence-electron chi connectivity index (χ1n) is 9.98. The molecule has 0 heterocycles. The monoisotopic (exact) mass is 389 g/mol. The van der Waals surface area contributed by atoms with Gasteiger partial charge < -0.3 is 14.8 Å². The molecule has 29 heavy (non-hydrogen) atoms. The number of methoxy groups -OCH3 is 1. The second-order valence-corrected chi connectivity index (χ2v) is 6.85. The Balaban J connectivity index is 1.62. The lowest BCUT2D eigenvalue weighted by atomic mass is 10.1. The first-order chi connectivity index (χ1) is 14.2. The number of hydrogen-bond acceptors (Lipinski definition) is 3. The highest BCUT2D eigenvalue weighted by Crippen LogP contribution is 2.29. The summed E-state index contributed by atoms with van der Waals surface area (Å²) in [5.74, 6) is 1.21. The van der Waals surface area contributed by atoms with Gasteiger partial charge in [-0.05, 0) is 53.1 Å². The van der Waals surface area contributed by atoms with Gasteiger partial charge in [0.25, 0.3) is 0 Å². The van der Waals surface area contributed by atoms with E-state index < -0.39 is 0 Å². The van der Waals surface area contributed by atoms with Crippen molar-refractivity contribution in [2.75, 3.05) is 19.0 Å². The fourth-order valence-corrected chi connectivity index (χ4v) is 3.06. The molecule has 3 aromatic carbocycles. The smallest absolute Gasteiger partial charge is 0.248 e. The van der Waals surface area contributed by atoms with Crippen LogP contribution in [0, 0.1) is 0 Å². The maximum absolute atomic E-state index is 12.3. The number of unbranched alkanes of at least 4 members (excludes halogenated alkanes) is 2. The summed E-state index contributed by atoms with van der Waals surface area (Å²) < 4.78 is 11.2. The van der Waals surface area contributed by atoms with Gasteiger partial charge in [0.1, 0.15) is 0 Å². The molecule has 0 unspecified atom stereocenters. The Morgan fingerprint density at radius 1 is 0.966 bits per heavy atom. The quantitative estimate of drug-likeness (QED) is 0.357. The summed E-state index contributed by atoms with van der Waals surface area (Å²) in [5.41, 5.74) is 1.64. The van der Waals surface area contributed by atoms with E-state index in [2.05, 4.69) is 12.2 Å². The fourth-order valence-electron chi connectivity index (χ4n) is 3.06. The molecule has 0 saturated carbocycles. The molecule has 0 bridgehead atoms. The summed E-state index contributed by atoms with van der Waals surface area (Å²) in [6, 6.07) is 19.6. The molecule has 3 aromatic rings. The topological polar surface area (TPSA) is 47.6 Å². The first-order valence-corrected chi connectivity index (χ1v) is 9.98. The Bertz CT molecular complexity index is 994. The molecule has 4 heteroatoms. The van der Waals surface area contributed by atoms with Gasteiger partial charge in [-0.15, -0.1) is 0 Å². The number of carbonyl (C=O) groups is 1. The maximum Gasteiger partial charge on any atom is 0.248 e. The van der Waals surface area contributed by atoms with E-state index in [1.54, 1.807) is 13.2 Å². The zero-order chi connectivity index (χ0) is 20.5. The number of benzene rings is 3. The van der Waals surface area contributed by atoms with E-state index in [4.69, 9.17) is 9.47 Å². The Kier molecular flexibility index (Phi) is 7.28. The number of amides is 1. The molecule has 0 aliphatic carbocycles. The van der Waals surface area contributed by atoms with E-state index in [0.717, 1.165) is 47.0 Å². The first kappa shape index (κ1) is 20.5. The summed E-state index contributed by atoms with van der Waals surface area (Å²) >= 11 is 0.